The van der Waals surface area contributed by atoms with Crippen LogP contribution in [-0.4, -0.2) is 53.8 Å². The third kappa shape index (κ3) is 3.68. The summed E-state index contributed by atoms with van der Waals surface area (Å²) >= 11 is 0. The molecule has 1 aliphatic carbocycles. The van der Waals surface area contributed by atoms with Crippen LogP contribution in [0.1, 0.15) is 36.6 Å². The van der Waals surface area contributed by atoms with E-state index in [1.807, 2.05) is 0 Å². The molecule has 6 nitrogen and oxygen atoms in total. The summed E-state index contributed by atoms with van der Waals surface area (Å²) in [5.41, 5.74) is 8.87. The Balaban J connectivity index is 0.000000503. The summed E-state index contributed by atoms with van der Waals surface area (Å²) in [7, 11) is 1.43. The van der Waals surface area contributed by atoms with Gasteiger partial charge in [0, 0.05) is 36.2 Å². The first-order valence-electron chi connectivity index (χ1n) is 11.0. The zero-order valence-corrected chi connectivity index (χ0v) is 17.7. The van der Waals surface area contributed by atoms with E-state index < -0.39 is 6.10 Å². The van der Waals surface area contributed by atoms with Crippen molar-refractivity contribution in [3.63, 3.8) is 0 Å². The number of aromatic nitrogens is 1. The lowest BCUT2D eigenvalue weighted by atomic mass is 9.65. The molecule has 2 aromatic rings. The summed E-state index contributed by atoms with van der Waals surface area (Å²) in [4.78, 5) is 18.6. The summed E-state index contributed by atoms with van der Waals surface area (Å²) < 4.78 is 5.04. The SMILES string of the molecule is C=CCN.COC(=O)[C@@H]1[C@H]2C[C@H]3c4[nH]c5ccccc5c4CCN3C[C@@H]2CC[C@@H]1O. The van der Waals surface area contributed by atoms with Gasteiger partial charge in [0.1, 0.15) is 0 Å². The number of hydrogen-bond donors (Lipinski definition) is 3. The van der Waals surface area contributed by atoms with Gasteiger partial charge in [0.25, 0.3) is 0 Å². The molecule has 4 N–H and O–H groups in total. The zero-order chi connectivity index (χ0) is 21.3. The Hall–Kier alpha value is -2.15. The number of nitrogens with two attached hydrogens (primary N) is 1. The maximum atomic E-state index is 12.4. The van der Waals surface area contributed by atoms with E-state index in [4.69, 9.17) is 10.5 Å². The maximum Gasteiger partial charge on any atom is 0.311 e. The van der Waals surface area contributed by atoms with Crippen LogP contribution in [0.3, 0.4) is 0 Å². The highest BCUT2D eigenvalue weighted by atomic mass is 16.5. The molecule has 5 atom stereocenters. The standard InChI is InChI=1S/C21H26N2O3.C3H7N/c1-26-21(25)19-15-10-17-20-14(13-4-2-3-5-16(13)22-20)8-9-23(17)11-12(15)6-7-18(19)24;1-2-3-4/h2-5,12,15,17-19,22,24H,6-11H2,1H3;2H,1,3-4H2/t12-,15-,17-,18-,19+;/m0./s1. The van der Waals surface area contributed by atoms with Crippen molar-refractivity contribution in [3.05, 3.63) is 48.2 Å². The van der Waals surface area contributed by atoms with Gasteiger partial charge in [0.05, 0.1) is 25.2 Å². The minimum Gasteiger partial charge on any atom is -0.469 e. The molecule has 30 heavy (non-hydrogen) atoms. The number of carbonyl (C=O) groups excluding carboxylic acids is 1. The summed E-state index contributed by atoms with van der Waals surface area (Å²) in [5.74, 6) is 0.0541. The predicted octanol–water partition coefficient (Wildman–Crippen LogP) is 2.78. The number of aliphatic hydroxyl groups excluding tert-OH is 1. The number of esters is 1. The number of methoxy groups -OCH3 is 1. The molecule has 162 valence electrons. The Bertz CT molecular complexity index is 908. The first-order valence-corrected chi connectivity index (χ1v) is 11.0. The van der Waals surface area contributed by atoms with E-state index in [2.05, 4.69) is 40.7 Å². The third-order valence-corrected chi connectivity index (χ3v) is 7.19. The van der Waals surface area contributed by atoms with E-state index in [-0.39, 0.29) is 17.8 Å². The number of aromatic amines is 1. The Labute approximate surface area is 178 Å². The van der Waals surface area contributed by atoms with Crippen LogP contribution in [0.25, 0.3) is 10.9 Å². The van der Waals surface area contributed by atoms with Gasteiger partial charge in [-0.25, -0.2) is 0 Å². The Kier molecular flexibility index (Phi) is 6.27. The molecule has 1 saturated carbocycles. The highest BCUT2D eigenvalue weighted by Gasteiger charge is 2.49. The number of fused-ring (bicyclic) bond motifs is 6. The molecular formula is C24H33N3O3. The highest BCUT2D eigenvalue weighted by molar-refractivity contribution is 5.85. The van der Waals surface area contributed by atoms with E-state index in [0.717, 1.165) is 32.4 Å². The van der Waals surface area contributed by atoms with Gasteiger partial charge in [-0.2, -0.15) is 0 Å². The fraction of sp³-hybridized carbons (Fsp3) is 0.542. The van der Waals surface area contributed by atoms with Crippen LogP contribution in [0.5, 0.6) is 0 Å². The van der Waals surface area contributed by atoms with E-state index >= 15 is 0 Å². The summed E-state index contributed by atoms with van der Waals surface area (Å²) in [5, 5.41) is 11.8. The van der Waals surface area contributed by atoms with Gasteiger partial charge < -0.3 is 20.6 Å². The second kappa shape index (κ2) is 8.92. The highest BCUT2D eigenvalue weighted by Crippen LogP contribution is 2.49. The van der Waals surface area contributed by atoms with Crippen molar-refractivity contribution in [1.29, 1.82) is 0 Å². The topological polar surface area (TPSA) is 91.6 Å². The lowest BCUT2D eigenvalue weighted by molar-refractivity contribution is -0.160. The van der Waals surface area contributed by atoms with Gasteiger partial charge in [0.2, 0.25) is 0 Å². The first kappa shape index (κ1) is 21.1. The van der Waals surface area contributed by atoms with E-state index in [0.29, 0.717) is 24.9 Å². The molecule has 2 fully saturated rings. The molecule has 5 rings (SSSR count). The number of rotatable bonds is 2. The van der Waals surface area contributed by atoms with Gasteiger partial charge >= 0.3 is 5.97 Å². The van der Waals surface area contributed by atoms with Crippen molar-refractivity contribution < 1.29 is 14.6 Å². The van der Waals surface area contributed by atoms with Crippen molar-refractivity contribution in [3.8, 4) is 0 Å². The molecule has 3 heterocycles. The van der Waals surface area contributed by atoms with Gasteiger partial charge in [-0.1, -0.05) is 24.3 Å². The van der Waals surface area contributed by atoms with Crippen LogP contribution in [0.15, 0.2) is 36.9 Å². The van der Waals surface area contributed by atoms with Crippen molar-refractivity contribution in [2.75, 3.05) is 26.7 Å². The fourth-order valence-electron chi connectivity index (χ4n) is 5.80. The van der Waals surface area contributed by atoms with E-state index in [9.17, 15) is 9.90 Å². The van der Waals surface area contributed by atoms with Crippen molar-refractivity contribution in [2.45, 2.75) is 37.8 Å². The average Bonchev–Trinajstić information content (AvgIpc) is 3.16. The Morgan fingerprint density at radius 3 is 2.90 bits per heavy atom. The fourth-order valence-corrected chi connectivity index (χ4v) is 5.80. The number of ether oxygens (including phenoxy) is 1. The molecule has 0 spiro atoms. The van der Waals surface area contributed by atoms with Crippen molar-refractivity contribution >= 4 is 16.9 Å². The normalized spacial score (nSPS) is 30.3. The number of H-pyrrole nitrogens is 1. The zero-order valence-electron chi connectivity index (χ0n) is 17.7. The van der Waals surface area contributed by atoms with Crippen LogP contribution in [-0.2, 0) is 16.0 Å². The van der Waals surface area contributed by atoms with Crippen molar-refractivity contribution in [1.82, 2.24) is 9.88 Å². The number of piperidine rings is 1. The van der Waals surface area contributed by atoms with Crippen LogP contribution < -0.4 is 5.73 Å². The summed E-state index contributed by atoms with van der Waals surface area (Å²) in [6.45, 7) is 6.03. The molecule has 1 aromatic carbocycles. The van der Waals surface area contributed by atoms with E-state index in [1.165, 1.54) is 29.3 Å². The number of nitrogens with zero attached hydrogens (tertiary/aromatic N) is 1. The third-order valence-electron chi connectivity index (χ3n) is 7.19. The molecule has 0 bridgehead atoms. The van der Waals surface area contributed by atoms with Crippen LogP contribution in [0.4, 0.5) is 0 Å². The van der Waals surface area contributed by atoms with Gasteiger partial charge in [-0.15, -0.1) is 6.58 Å². The largest absolute Gasteiger partial charge is 0.469 e. The summed E-state index contributed by atoms with van der Waals surface area (Å²) in [6.07, 6.45) is 4.79. The van der Waals surface area contributed by atoms with Gasteiger partial charge in [-0.05, 0) is 49.1 Å². The number of nitrogens with one attached hydrogen (secondary N) is 1. The smallest absolute Gasteiger partial charge is 0.311 e. The van der Waals surface area contributed by atoms with Crippen molar-refractivity contribution in [2.24, 2.45) is 23.5 Å². The Morgan fingerprint density at radius 2 is 2.17 bits per heavy atom. The summed E-state index contributed by atoms with van der Waals surface area (Å²) in [6, 6.07) is 8.83. The number of para-hydroxylation sites is 1. The number of carbonyl (C=O) groups is 1. The first-order chi connectivity index (χ1) is 14.6. The molecule has 1 aromatic heterocycles. The molecule has 0 amide bonds. The average molecular weight is 412 g/mol. The van der Waals surface area contributed by atoms with Crippen LogP contribution in [0.2, 0.25) is 0 Å². The number of aliphatic hydroxyl groups is 1. The monoisotopic (exact) mass is 411 g/mol. The minimum atomic E-state index is -0.568. The predicted molar refractivity (Wildman–Crippen MR) is 118 cm³/mol. The minimum absolute atomic E-state index is 0.199. The quantitative estimate of drug-likeness (QED) is 0.522. The maximum absolute atomic E-state index is 12.4. The number of hydrogen-bond acceptors (Lipinski definition) is 5. The molecule has 3 aliphatic rings. The molecular weight excluding hydrogens is 378 g/mol. The van der Waals surface area contributed by atoms with Crippen LogP contribution in [0, 0.1) is 17.8 Å². The Morgan fingerprint density at radius 1 is 1.40 bits per heavy atom. The lowest BCUT2D eigenvalue weighted by Crippen LogP contribution is -2.53. The molecule has 6 heteroatoms. The number of benzene rings is 1. The van der Waals surface area contributed by atoms with Gasteiger partial charge in [-0.3, -0.25) is 9.69 Å². The van der Waals surface area contributed by atoms with Gasteiger partial charge in [0.15, 0.2) is 0 Å². The lowest BCUT2D eigenvalue weighted by Gasteiger charge is -2.50. The molecule has 1 saturated heterocycles. The molecule has 0 radical (unpaired) electrons. The van der Waals surface area contributed by atoms with Crippen LogP contribution >= 0.6 is 0 Å². The second-order valence-corrected chi connectivity index (χ2v) is 8.70. The molecule has 0 unspecified atom stereocenters. The van der Waals surface area contributed by atoms with E-state index in [1.54, 1.807) is 6.08 Å². The molecule has 2 aliphatic heterocycles. The second-order valence-electron chi connectivity index (χ2n) is 8.70.